The third-order valence-corrected chi connectivity index (χ3v) is 5.62. The van der Waals surface area contributed by atoms with Gasteiger partial charge in [-0.3, -0.25) is 9.69 Å². The molecule has 0 saturated carbocycles. The molecule has 3 rings (SSSR count). The molecule has 0 aromatic heterocycles. The smallest absolute Gasteiger partial charge is 0.308 e. The lowest BCUT2D eigenvalue weighted by Crippen LogP contribution is -2.39. The molecule has 0 aliphatic carbocycles. The van der Waals surface area contributed by atoms with Gasteiger partial charge in [-0.1, -0.05) is 39.0 Å². The first-order valence-corrected chi connectivity index (χ1v) is 9.36. The van der Waals surface area contributed by atoms with Crippen LogP contribution in [-0.4, -0.2) is 41.9 Å². The Morgan fingerprint density at radius 3 is 2.73 bits per heavy atom. The van der Waals surface area contributed by atoms with E-state index in [0.29, 0.717) is 5.75 Å². The molecule has 1 saturated heterocycles. The summed E-state index contributed by atoms with van der Waals surface area (Å²) < 4.78 is 10.9. The Balaban J connectivity index is 1.92. The summed E-state index contributed by atoms with van der Waals surface area (Å²) in [5, 5.41) is 10.0. The van der Waals surface area contributed by atoms with E-state index in [4.69, 9.17) is 9.47 Å². The van der Waals surface area contributed by atoms with Crippen molar-refractivity contribution in [3.8, 4) is 11.5 Å². The molecule has 2 heterocycles. The van der Waals surface area contributed by atoms with Crippen LogP contribution in [0.3, 0.4) is 0 Å². The van der Waals surface area contributed by atoms with E-state index in [0.717, 1.165) is 30.8 Å². The molecule has 5 nitrogen and oxygen atoms in total. The molecular formula is C21H29NO4. The van der Waals surface area contributed by atoms with Gasteiger partial charge in [0.05, 0.1) is 5.92 Å². The number of nitrogens with zero attached hydrogens (tertiary/aromatic N) is 1. The lowest BCUT2D eigenvalue weighted by Gasteiger charge is -2.32. The van der Waals surface area contributed by atoms with Crippen LogP contribution in [0.1, 0.15) is 45.6 Å². The molecule has 0 amide bonds. The van der Waals surface area contributed by atoms with E-state index in [1.54, 1.807) is 0 Å². The summed E-state index contributed by atoms with van der Waals surface area (Å²) in [7, 11) is 0. The summed E-state index contributed by atoms with van der Waals surface area (Å²) in [4.78, 5) is 14.6. The van der Waals surface area contributed by atoms with Crippen molar-refractivity contribution in [2.24, 2.45) is 11.3 Å². The first-order valence-electron chi connectivity index (χ1n) is 9.36. The molecule has 2 aliphatic rings. The van der Waals surface area contributed by atoms with Crippen LogP contribution in [0.5, 0.6) is 11.5 Å². The second-order valence-electron chi connectivity index (χ2n) is 7.93. The Morgan fingerprint density at radius 2 is 2.08 bits per heavy atom. The van der Waals surface area contributed by atoms with Gasteiger partial charge in [-0.2, -0.15) is 0 Å². The number of carboxylic acids is 1. The van der Waals surface area contributed by atoms with Crippen molar-refractivity contribution >= 4 is 5.97 Å². The maximum atomic E-state index is 12.2. The molecule has 26 heavy (non-hydrogen) atoms. The summed E-state index contributed by atoms with van der Waals surface area (Å²) in [6, 6.07) is 5.85. The molecule has 1 fully saturated rings. The SMILES string of the molecule is CC=CC(C)(C)C[C@H]1[C@H](C(=O)O)[C@@H](c2ccc3c(c2)OCO3)CN1CC. The summed E-state index contributed by atoms with van der Waals surface area (Å²) in [5.74, 6) is 0.252. The van der Waals surface area contributed by atoms with E-state index >= 15 is 0 Å². The lowest BCUT2D eigenvalue weighted by atomic mass is 9.77. The maximum Gasteiger partial charge on any atom is 0.308 e. The highest BCUT2D eigenvalue weighted by Gasteiger charge is 2.47. The van der Waals surface area contributed by atoms with E-state index in [2.05, 4.69) is 37.8 Å². The Labute approximate surface area is 155 Å². The number of fused-ring (bicyclic) bond motifs is 1. The number of carbonyl (C=O) groups is 1. The van der Waals surface area contributed by atoms with E-state index in [1.165, 1.54) is 0 Å². The second kappa shape index (κ2) is 7.31. The number of likely N-dealkylation sites (tertiary alicyclic amines) is 1. The fourth-order valence-corrected chi connectivity index (χ4v) is 4.47. The summed E-state index contributed by atoms with van der Waals surface area (Å²) in [5.41, 5.74) is 0.982. The van der Waals surface area contributed by atoms with Crippen LogP contribution in [0.25, 0.3) is 0 Å². The van der Waals surface area contributed by atoms with Crippen LogP contribution in [0.2, 0.25) is 0 Å². The number of likely N-dealkylation sites (N-methyl/N-ethyl adjacent to an activating group) is 1. The Hall–Kier alpha value is -2.01. The van der Waals surface area contributed by atoms with Gasteiger partial charge < -0.3 is 14.6 Å². The first kappa shape index (κ1) is 18.8. The van der Waals surface area contributed by atoms with E-state index in [1.807, 2.05) is 25.1 Å². The van der Waals surface area contributed by atoms with Crippen molar-refractivity contribution in [1.82, 2.24) is 4.90 Å². The largest absolute Gasteiger partial charge is 0.481 e. The molecule has 0 bridgehead atoms. The van der Waals surface area contributed by atoms with E-state index < -0.39 is 11.9 Å². The molecule has 1 aromatic carbocycles. The summed E-state index contributed by atoms with van der Waals surface area (Å²) in [6.45, 7) is 10.3. The fraction of sp³-hybridized carbons (Fsp3) is 0.571. The molecule has 1 aromatic rings. The topological polar surface area (TPSA) is 59.0 Å². The van der Waals surface area contributed by atoms with Crippen LogP contribution in [0.15, 0.2) is 30.4 Å². The zero-order chi connectivity index (χ0) is 18.9. The van der Waals surface area contributed by atoms with Gasteiger partial charge >= 0.3 is 5.97 Å². The van der Waals surface area contributed by atoms with Crippen LogP contribution >= 0.6 is 0 Å². The standard InChI is InChI=1S/C21H29NO4/c1-5-9-21(3,4)11-16-19(20(23)24)15(12-22(16)6-2)14-7-8-17-18(10-14)26-13-25-17/h5,7-10,15-16,19H,6,11-13H2,1-4H3,(H,23,24)/t15-,16+,19-/m1/s1. The predicted octanol–water partition coefficient (Wildman–Crippen LogP) is 3.90. The molecule has 0 spiro atoms. The van der Waals surface area contributed by atoms with Gasteiger partial charge in [-0.25, -0.2) is 0 Å². The van der Waals surface area contributed by atoms with Gasteiger partial charge in [-0.15, -0.1) is 0 Å². The highest BCUT2D eigenvalue weighted by Crippen LogP contribution is 2.44. The van der Waals surface area contributed by atoms with Gasteiger partial charge in [0.2, 0.25) is 6.79 Å². The molecule has 142 valence electrons. The van der Waals surface area contributed by atoms with Gasteiger partial charge in [0.15, 0.2) is 11.5 Å². The molecule has 2 aliphatic heterocycles. The minimum Gasteiger partial charge on any atom is -0.481 e. The number of benzene rings is 1. The molecule has 5 heteroatoms. The average Bonchev–Trinajstić information content (AvgIpc) is 3.17. The average molecular weight is 359 g/mol. The first-order chi connectivity index (χ1) is 12.4. The van der Waals surface area contributed by atoms with Crippen molar-refractivity contribution in [3.63, 3.8) is 0 Å². The van der Waals surface area contributed by atoms with Crippen LogP contribution in [0.4, 0.5) is 0 Å². The molecule has 3 atom stereocenters. The molecule has 0 unspecified atom stereocenters. The number of aliphatic carboxylic acids is 1. The highest BCUT2D eigenvalue weighted by atomic mass is 16.7. The van der Waals surface area contributed by atoms with Crippen molar-refractivity contribution in [2.45, 2.75) is 46.1 Å². The molecule has 1 N–H and O–H groups in total. The minimum absolute atomic E-state index is 0.0131. The Bertz CT molecular complexity index is 697. The van der Waals surface area contributed by atoms with E-state index in [-0.39, 0.29) is 24.2 Å². The van der Waals surface area contributed by atoms with Crippen LogP contribution in [-0.2, 0) is 4.79 Å². The molecular weight excluding hydrogens is 330 g/mol. The normalized spacial score (nSPS) is 25.9. The fourth-order valence-electron chi connectivity index (χ4n) is 4.47. The number of carboxylic acid groups (broad SMARTS) is 1. The van der Waals surface area contributed by atoms with Gasteiger partial charge in [-0.05, 0) is 43.0 Å². The van der Waals surface area contributed by atoms with Gasteiger partial charge in [0.1, 0.15) is 0 Å². The Morgan fingerprint density at radius 1 is 1.35 bits per heavy atom. The molecule has 0 radical (unpaired) electrons. The van der Waals surface area contributed by atoms with Crippen molar-refractivity contribution < 1.29 is 19.4 Å². The number of rotatable bonds is 6. The third kappa shape index (κ3) is 3.58. The van der Waals surface area contributed by atoms with Crippen molar-refractivity contribution in [1.29, 1.82) is 0 Å². The minimum atomic E-state index is -0.718. The Kier molecular flexibility index (Phi) is 5.28. The van der Waals surface area contributed by atoms with Crippen molar-refractivity contribution in [2.75, 3.05) is 19.9 Å². The predicted molar refractivity (Wildman–Crippen MR) is 101 cm³/mol. The van der Waals surface area contributed by atoms with Crippen LogP contribution in [0, 0.1) is 11.3 Å². The monoisotopic (exact) mass is 359 g/mol. The zero-order valence-corrected chi connectivity index (χ0v) is 16.1. The zero-order valence-electron chi connectivity index (χ0n) is 16.1. The quantitative estimate of drug-likeness (QED) is 0.781. The summed E-state index contributed by atoms with van der Waals surface area (Å²) in [6.07, 6.45) is 5.05. The number of hydrogen-bond donors (Lipinski definition) is 1. The number of allylic oxidation sites excluding steroid dienone is 2. The van der Waals surface area contributed by atoms with E-state index in [9.17, 15) is 9.90 Å². The van der Waals surface area contributed by atoms with Gasteiger partial charge in [0.25, 0.3) is 0 Å². The maximum absolute atomic E-state index is 12.2. The second-order valence-corrected chi connectivity index (χ2v) is 7.93. The van der Waals surface area contributed by atoms with Crippen molar-refractivity contribution in [3.05, 3.63) is 35.9 Å². The highest BCUT2D eigenvalue weighted by molar-refractivity contribution is 5.73. The number of hydrogen-bond acceptors (Lipinski definition) is 4. The lowest BCUT2D eigenvalue weighted by molar-refractivity contribution is -0.143. The van der Waals surface area contributed by atoms with Gasteiger partial charge in [0, 0.05) is 18.5 Å². The number of ether oxygens (including phenoxy) is 2. The summed E-state index contributed by atoms with van der Waals surface area (Å²) >= 11 is 0. The third-order valence-electron chi connectivity index (χ3n) is 5.62. The van der Waals surface area contributed by atoms with Crippen LogP contribution < -0.4 is 9.47 Å².